The molecular weight excluding hydrogens is 397 g/mol. The zero-order valence-electron chi connectivity index (χ0n) is 10.2. The summed E-state index contributed by atoms with van der Waals surface area (Å²) in [6.45, 7) is 0. The van der Waals surface area contributed by atoms with Crippen LogP contribution in [0.2, 0.25) is 0 Å². The smallest absolute Gasteiger partial charge is 0.299 e. The molecule has 0 aliphatic heterocycles. The van der Waals surface area contributed by atoms with Crippen LogP contribution in [0.3, 0.4) is 0 Å². The first-order valence-electron chi connectivity index (χ1n) is 4.86. The lowest BCUT2D eigenvalue weighted by Crippen LogP contribution is -2.77. The van der Waals surface area contributed by atoms with E-state index in [0.29, 0.717) is 0 Å². The number of halogens is 15. The lowest BCUT2D eigenvalue weighted by Gasteiger charge is -2.43. The second kappa shape index (κ2) is 5.31. The van der Waals surface area contributed by atoms with Crippen LogP contribution in [0.5, 0.6) is 0 Å². The van der Waals surface area contributed by atoms with Gasteiger partial charge in [0.2, 0.25) is 0 Å². The largest absolute Gasteiger partial charge is 0.460 e. The zero-order valence-corrected chi connectivity index (χ0v) is 10.2. The van der Waals surface area contributed by atoms with Crippen LogP contribution >= 0.6 is 0 Å². The van der Waals surface area contributed by atoms with Gasteiger partial charge in [-0.25, -0.2) is 8.78 Å². The van der Waals surface area contributed by atoms with Crippen molar-refractivity contribution in [1.82, 2.24) is 0 Å². The number of hydrogen-bond acceptors (Lipinski definition) is 1. The molecule has 0 radical (unpaired) electrons. The fourth-order valence-corrected chi connectivity index (χ4v) is 1.35. The van der Waals surface area contributed by atoms with E-state index in [1.54, 1.807) is 0 Å². The molecule has 1 atom stereocenters. The van der Waals surface area contributed by atoms with E-state index in [1.165, 1.54) is 0 Å². The maximum absolute atomic E-state index is 13.5. The minimum Gasteiger partial charge on any atom is -0.299 e. The average Bonchev–Trinajstić information content (AvgIpc) is 2.31. The van der Waals surface area contributed by atoms with Gasteiger partial charge >= 0.3 is 36.0 Å². The molecule has 0 saturated heterocycles. The number of aldehydes is 1. The maximum atomic E-state index is 13.5. The molecule has 0 amide bonds. The number of alkyl halides is 15. The standard InChI is InChI=1S/C8HF15O/c9-2(1-24,3(10,6(15,16)17)7(18,19)20)4(11,12)5(13,14)8(21,22)23/h1H. The Labute approximate surface area is 120 Å². The molecule has 0 aliphatic carbocycles. The highest BCUT2D eigenvalue weighted by Crippen LogP contribution is 2.62. The Kier molecular flexibility index (Phi) is 5.00. The molecule has 1 unspecified atom stereocenters. The molecule has 0 saturated carbocycles. The average molecular weight is 398 g/mol. The van der Waals surface area contributed by atoms with Gasteiger partial charge in [-0.2, -0.15) is 57.1 Å². The number of hydrogen-bond donors (Lipinski definition) is 0. The molecule has 0 spiro atoms. The summed E-state index contributed by atoms with van der Waals surface area (Å²) in [5.41, 5.74) is -15.8. The molecule has 1 nitrogen and oxygen atoms in total. The summed E-state index contributed by atoms with van der Waals surface area (Å²) >= 11 is 0. The van der Waals surface area contributed by atoms with Gasteiger partial charge in [0.25, 0.3) is 5.67 Å². The zero-order chi connectivity index (χ0) is 20.2. The summed E-state index contributed by atoms with van der Waals surface area (Å²) in [4.78, 5) is 9.99. The Morgan fingerprint density at radius 2 is 0.750 bits per heavy atom. The predicted octanol–water partition coefficient (Wildman–Crippen LogP) is 4.56. The fourth-order valence-electron chi connectivity index (χ4n) is 1.35. The van der Waals surface area contributed by atoms with Crippen molar-refractivity contribution in [3.63, 3.8) is 0 Å². The topological polar surface area (TPSA) is 17.1 Å². The molecule has 0 bridgehead atoms. The Hall–Kier alpha value is -1.38. The van der Waals surface area contributed by atoms with E-state index < -0.39 is 48.0 Å². The van der Waals surface area contributed by atoms with Crippen molar-refractivity contribution < 1.29 is 70.7 Å². The van der Waals surface area contributed by atoms with Gasteiger partial charge in [-0.3, -0.25) is 4.79 Å². The van der Waals surface area contributed by atoms with Crippen LogP contribution in [-0.2, 0) is 4.79 Å². The first-order chi connectivity index (χ1) is 10.1. The van der Waals surface area contributed by atoms with Crippen molar-refractivity contribution in [1.29, 1.82) is 0 Å². The van der Waals surface area contributed by atoms with Crippen molar-refractivity contribution in [2.45, 2.75) is 41.7 Å². The van der Waals surface area contributed by atoms with Gasteiger partial charge in [0.15, 0.2) is 6.29 Å². The van der Waals surface area contributed by atoms with Crippen molar-refractivity contribution in [3.05, 3.63) is 0 Å². The molecule has 0 aromatic heterocycles. The molecule has 0 aromatic carbocycles. The van der Waals surface area contributed by atoms with E-state index in [4.69, 9.17) is 0 Å². The van der Waals surface area contributed by atoms with E-state index in [1.807, 2.05) is 0 Å². The normalized spacial score (nSPS) is 18.3. The Balaban J connectivity index is 6.93. The predicted molar refractivity (Wildman–Crippen MR) is 41.8 cm³/mol. The second-order valence-electron chi connectivity index (χ2n) is 4.13. The second-order valence-corrected chi connectivity index (χ2v) is 4.13. The van der Waals surface area contributed by atoms with Crippen molar-refractivity contribution in [3.8, 4) is 0 Å². The van der Waals surface area contributed by atoms with Gasteiger partial charge in [0, 0.05) is 0 Å². The minimum atomic E-state index is -8.13. The van der Waals surface area contributed by atoms with Gasteiger partial charge < -0.3 is 0 Å². The molecular formula is C8HF15O. The highest BCUT2D eigenvalue weighted by atomic mass is 19.4. The molecule has 0 aliphatic rings. The molecule has 16 heteroatoms. The van der Waals surface area contributed by atoms with Crippen LogP contribution < -0.4 is 0 Å². The first kappa shape index (κ1) is 22.6. The molecule has 0 heterocycles. The summed E-state index contributed by atoms with van der Waals surface area (Å²) in [5, 5.41) is 0. The fraction of sp³-hybridized carbons (Fsp3) is 0.875. The highest BCUT2D eigenvalue weighted by Gasteiger charge is 2.94. The van der Waals surface area contributed by atoms with Gasteiger partial charge in [-0.1, -0.05) is 0 Å². The monoisotopic (exact) mass is 398 g/mol. The lowest BCUT2D eigenvalue weighted by molar-refractivity contribution is -0.429. The quantitative estimate of drug-likeness (QED) is 0.502. The van der Waals surface area contributed by atoms with Crippen molar-refractivity contribution in [2.75, 3.05) is 0 Å². The molecule has 0 fully saturated rings. The van der Waals surface area contributed by atoms with Crippen LogP contribution in [0.15, 0.2) is 0 Å². The summed E-state index contributed by atoms with van der Waals surface area (Å²) in [5.74, 6) is -16.1. The number of rotatable bonds is 4. The summed E-state index contributed by atoms with van der Waals surface area (Å²) < 4.78 is 186. The van der Waals surface area contributed by atoms with E-state index in [2.05, 4.69) is 0 Å². The molecule has 0 rings (SSSR count). The Morgan fingerprint density at radius 1 is 0.458 bits per heavy atom. The number of carbonyl (C=O) groups is 1. The minimum absolute atomic E-state index is 2.94. The molecule has 144 valence electrons. The van der Waals surface area contributed by atoms with Crippen LogP contribution in [0.4, 0.5) is 65.9 Å². The molecule has 0 aromatic rings. The third-order valence-corrected chi connectivity index (χ3v) is 2.65. The van der Waals surface area contributed by atoms with Gasteiger partial charge in [-0.15, -0.1) is 0 Å². The van der Waals surface area contributed by atoms with E-state index in [9.17, 15) is 70.7 Å². The van der Waals surface area contributed by atoms with Gasteiger partial charge in [0.1, 0.15) is 0 Å². The van der Waals surface area contributed by atoms with E-state index in [0.717, 1.165) is 0 Å². The maximum Gasteiger partial charge on any atom is 0.460 e. The lowest BCUT2D eigenvalue weighted by atomic mass is 9.78. The van der Waals surface area contributed by atoms with Crippen LogP contribution in [0.1, 0.15) is 0 Å². The van der Waals surface area contributed by atoms with Gasteiger partial charge in [0.05, 0.1) is 0 Å². The van der Waals surface area contributed by atoms with Crippen LogP contribution in [0, 0.1) is 0 Å². The van der Waals surface area contributed by atoms with Crippen molar-refractivity contribution >= 4 is 6.29 Å². The first-order valence-corrected chi connectivity index (χ1v) is 4.86. The summed E-state index contributed by atoms with van der Waals surface area (Å²) in [7, 11) is 0. The Bertz CT molecular complexity index is 467. The highest BCUT2D eigenvalue weighted by molar-refractivity contribution is 5.69. The third kappa shape index (κ3) is 2.57. The summed E-state index contributed by atoms with van der Waals surface area (Å²) in [6, 6.07) is 0. The van der Waals surface area contributed by atoms with E-state index >= 15 is 0 Å². The summed E-state index contributed by atoms with van der Waals surface area (Å²) in [6.07, 6.45) is -26.3. The molecule has 0 N–H and O–H groups in total. The Morgan fingerprint density at radius 3 is 0.917 bits per heavy atom. The molecule has 24 heavy (non-hydrogen) atoms. The van der Waals surface area contributed by atoms with Gasteiger partial charge in [-0.05, 0) is 0 Å². The third-order valence-electron chi connectivity index (χ3n) is 2.65. The SMILES string of the molecule is O=CC(F)(C(F)(F)C(F)(F)C(F)(F)F)C(F)(C(F)(F)F)C(F)(F)F. The van der Waals surface area contributed by atoms with E-state index in [-0.39, 0.29) is 0 Å². The van der Waals surface area contributed by atoms with Crippen LogP contribution in [0.25, 0.3) is 0 Å². The number of carbonyl (C=O) groups excluding carboxylic acids is 1. The van der Waals surface area contributed by atoms with Crippen molar-refractivity contribution in [2.24, 2.45) is 0 Å². The van der Waals surface area contributed by atoms with Crippen LogP contribution in [-0.4, -0.2) is 48.0 Å².